The Morgan fingerprint density at radius 2 is 2.13 bits per heavy atom. The van der Waals surface area contributed by atoms with E-state index >= 15 is 0 Å². The summed E-state index contributed by atoms with van der Waals surface area (Å²) >= 11 is 0. The SMILES string of the molecule is Cc1c(N)n(C)c2nc3ccccn3c12. The van der Waals surface area contributed by atoms with E-state index in [1.807, 2.05) is 42.9 Å². The van der Waals surface area contributed by atoms with Crippen molar-refractivity contribution in [2.75, 3.05) is 5.73 Å². The molecule has 0 bridgehead atoms. The summed E-state index contributed by atoms with van der Waals surface area (Å²) in [4.78, 5) is 4.54. The maximum atomic E-state index is 5.96. The standard InChI is InChI=1S/C11H12N4/c1-7-9-11(14(2)10(7)12)13-8-5-3-4-6-15(8)9/h3-6H,12H2,1-2H3. The maximum absolute atomic E-state index is 5.96. The summed E-state index contributed by atoms with van der Waals surface area (Å²) in [6, 6.07) is 5.98. The molecule has 0 aromatic carbocycles. The molecule has 0 aliphatic rings. The van der Waals surface area contributed by atoms with E-state index in [0.29, 0.717) is 0 Å². The lowest BCUT2D eigenvalue weighted by molar-refractivity contribution is 0.962. The average Bonchev–Trinajstić information content (AvgIpc) is 2.72. The molecule has 0 aliphatic heterocycles. The highest BCUT2D eigenvalue weighted by Gasteiger charge is 2.14. The number of nitrogens with zero attached hydrogens (tertiary/aromatic N) is 3. The first-order valence-electron chi connectivity index (χ1n) is 4.87. The van der Waals surface area contributed by atoms with Crippen LogP contribution in [0.15, 0.2) is 24.4 Å². The molecule has 2 N–H and O–H groups in total. The fourth-order valence-corrected chi connectivity index (χ4v) is 2.05. The molecule has 0 atom stereocenters. The van der Waals surface area contributed by atoms with Gasteiger partial charge in [0.1, 0.15) is 11.5 Å². The fraction of sp³-hybridized carbons (Fsp3) is 0.182. The van der Waals surface area contributed by atoms with Gasteiger partial charge in [0.05, 0.1) is 5.52 Å². The van der Waals surface area contributed by atoms with Crippen LogP contribution in [-0.4, -0.2) is 14.0 Å². The third kappa shape index (κ3) is 0.883. The molecular weight excluding hydrogens is 188 g/mol. The highest BCUT2D eigenvalue weighted by Crippen LogP contribution is 2.26. The number of pyridine rings is 1. The van der Waals surface area contributed by atoms with Crippen molar-refractivity contribution in [3.05, 3.63) is 30.0 Å². The van der Waals surface area contributed by atoms with Crippen LogP contribution in [0.4, 0.5) is 5.82 Å². The number of nitrogen functional groups attached to an aromatic ring is 1. The van der Waals surface area contributed by atoms with Crippen LogP contribution in [0, 0.1) is 6.92 Å². The Morgan fingerprint density at radius 1 is 1.33 bits per heavy atom. The number of hydrogen-bond acceptors (Lipinski definition) is 2. The minimum Gasteiger partial charge on any atom is -0.385 e. The lowest BCUT2D eigenvalue weighted by Gasteiger charge is -1.97. The number of imidazole rings is 1. The molecule has 15 heavy (non-hydrogen) atoms. The van der Waals surface area contributed by atoms with Gasteiger partial charge < -0.3 is 10.3 Å². The van der Waals surface area contributed by atoms with Crippen molar-refractivity contribution in [2.24, 2.45) is 7.05 Å². The third-order valence-corrected chi connectivity index (χ3v) is 2.93. The van der Waals surface area contributed by atoms with E-state index in [9.17, 15) is 0 Å². The van der Waals surface area contributed by atoms with Gasteiger partial charge in [0.25, 0.3) is 0 Å². The second-order valence-corrected chi connectivity index (χ2v) is 3.78. The Labute approximate surface area is 86.9 Å². The summed E-state index contributed by atoms with van der Waals surface area (Å²) < 4.78 is 4.00. The van der Waals surface area contributed by atoms with Crippen LogP contribution in [-0.2, 0) is 7.05 Å². The van der Waals surface area contributed by atoms with Crippen LogP contribution in [0.1, 0.15) is 5.56 Å². The van der Waals surface area contributed by atoms with E-state index in [1.54, 1.807) is 0 Å². The van der Waals surface area contributed by atoms with Crippen molar-refractivity contribution < 1.29 is 0 Å². The summed E-state index contributed by atoms with van der Waals surface area (Å²) in [6.07, 6.45) is 2.01. The van der Waals surface area contributed by atoms with Gasteiger partial charge in [0, 0.05) is 18.8 Å². The zero-order valence-corrected chi connectivity index (χ0v) is 8.73. The monoisotopic (exact) mass is 200 g/mol. The van der Waals surface area contributed by atoms with Crippen LogP contribution < -0.4 is 5.73 Å². The molecule has 0 spiro atoms. The molecule has 3 heterocycles. The van der Waals surface area contributed by atoms with E-state index in [1.165, 1.54) is 0 Å². The molecule has 3 aromatic heterocycles. The van der Waals surface area contributed by atoms with E-state index in [-0.39, 0.29) is 0 Å². The summed E-state index contributed by atoms with van der Waals surface area (Å²) in [7, 11) is 1.94. The lowest BCUT2D eigenvalue weighted by Crippen LogP contribution is -1.97. The van der Waals surface area contributed by atoms with E-state index < -0.39 is 0 Å². The zero-order chi connectivity index (χ0) is 10.6. The minimum atomic E-state index is 0.783. The minimum absolute atomic E-state index is 0.783. The van der Waals surface area contributed by atoms with Crippen LogP contribution in [0.3, 0.4) is 0 Å². The number of hydrogen-bond donors (Lipinski definition) is 1. The highest BCUT2D eigenvalue weighted by atomic mass is 15.1. The lowest BCUT2D eigenvalue weighted by atomic mass is 10.3. The Bertz CT molecular complexity index is 660. The molecule has 4 heteroatoms. The number of fused-ring (bicyclic) bond motifs is 3. The predicted molar refractivity (Wildman–Crippen MR) is 60.8 cm³/mol. The molecular formula is C11H12N4. The molecule has 4 nitrogen and oxygen atoms in total. The van der Waals surface area contributed by atoms with Crippen molar-refractivity contribution in [1.82, 2.24) is 14.0 Å². The summed E-state index contributed by atoms with van der Waals surface area (Å²) in [6.45, 7) is 2.03. The summed E-state index contributed by atoms with van der Waals surface area (Å²) in [5, 5.41) is 0. The van der Waals surface area contributed by atoms with Gasteiger partial charge in [-0.3, -0.25) is 4.40 Å². The Kier molecular flexibility index (Phi) is 1.41. The Balaban J connectivity index is 2.65. The molecule has 0 saturated carbocycles. The number of aromatic nitrogens is 3. The van der Waals surface area contributed by atoms with Gasteiger partial charge in [-0.05, 0) is 19.1 Å². The van der Waals surface area contributed by atoms with Gasteiger partial charge >= 0.3 is 0 Å². The largest absolute Gasteiger partial charge is 0.385 e. The molecule has 3 rings (SSSR count). The van der Waals surface area contributed by atoms with Gasteiger partial charge in [-0.25, -0.2) is 4.98 Å². The highest BCUT2D eigenvalue weighted by molar-refractivity contribution is 5.86. The van der Waals surface area contributed by atoms with Crippen LogP contribution in [0.2, 0.25) is 0 Å². The van der Waals surface area contributed by atoms with Crippen LogP contribution in [0.5, 0.6) is 0 Å². The van der Waals surface area contributed by atoms with Crippen molar-refractivity contribution in [3.63, 3.8) is 0 Å². The summed E-state index contributed by atoms with van der Waals surface area (Å²) in [5.74, 6) is 0.783. The van der Waals surface area contributed by atoms with Crippen molar-refractivity contribution in [1.29, 1.82) is 0 Å². The zero-order valence-electron chi connectivity index (χ0n) is 8.73. The van der Waals surface area contributed by atoms with Gasteiger partial charge in [0.15, 0.2) is 5.65 Å². The van der Waals surface area contributed by atoms with Crippen molar-refractivity contribution in [2.45, 2.75) is 6.92 Å². The van der Waals surface area contributed by atoms with E-state index in [4.69, 9.17) is 5.73 Å². The molecule has 3 aromatic rings. The first-order chi connectivity index (χ1) is 7.20. The first-order valence-corrected chi connectivity index (χ1v) is 4.87. The quantitative estimate of drug-likeness (QED) is 0.600. The Morgan fingerprint density at radius 3 is 2.93 bits per heavy atom. The smallest absolute Gasteiger partial charge is 0.161 e. The fourth-order valence-electron chi connectivity index (χ4n) is 2.05. The molecule has 0 radical (unpaired) electrons. The normalized spacial score (nSPS) is 11.6. The van der Waals surface area contributed by atoms with Crippen molar-refractivity contribution >= 4 is 22.6 Å². The number of aryl methyl sites for hydroxylation is 2. The number of rotatable bonds is 0. The van der Waals surface area contributed by atoms with Gasteiger partial charge in [-0.15, -0.1) is 0 Å². The molecule has 0 aliphatic carbocycles. The predicted octanol–water partition coefficient (Wildman–Crippen LogP) is 1.72. The molecule has 0 fully saturated rings. The van der Waals surface area contributed by atoms with E-state index in [0.717, 1.165) is 28.2 Å². The molecule has 76 valence electrons. The second-order valence-electron chi connectivity index (χ2n) is 3.78. The van der Waals surface area contributed by atoms with Gasteiger partial charge in [-0.1, -0.05) is 6.07 Å². The topological polar surface area (TPSA) is 48.2 Å². The second kappa shape index (κ2) is 2.53. The van der Waals surface area contributed by atoms with E-state index in [2.05, 4.69) is 9.38 Å². The maximum Gasteiger partial charge on any atom is 0.161 e. The first kappa shape index (κ1) is 8.35. The number of anilines is 1. The van der Waals surface area contributed by atoms with Crippen LogP contribution >= 0.6 is 0 Å². The summed E-state index contributed by atoms with van der Waals surface area (Å²) in [5.41, 5.74) is 10.1. The van der Waals surface area contributed by atoms with Gasteiger partial charge in [0.2, 0.25) is 0 Å². The number of nitrogens with two attached hydrogens (primary N) is 1. The van der Waals surface area contributed by atoms with Crippen molar-refractivity contribution in [3.8, 4) is 0 Å². The average molecular weight is 200 g/mol. The third-order valence-electron chi connectivity index (χ3n) is 2.93. The van der Waals surface area contributed by atoms with Gasteiger partial charge in [-0.2, -0.15) is 0 Å². The molecule has 0 unspecified atom stereocenters. The molecule has 0 amide bonds. The molecule has 0 saturated heterocycles. The Hall–Kier alpha value is -1.97. The van der Waals surface area contributed by atoms with Crippen LogP contribution in [0.25, 0.3) is 16.8 Å².